The Kier molecular flexibility index (Phi) is 11.2. The second-order valence-electron chi connectivity index (χ2n) is 21.5. The molecule has 69 heavy (non-hydrogen) atoms. The van der Waals surface area contributed by atoms with Crippen LogP contribution in [0.25, 0.3) is 22.3 Å². The van der Waals surface area contributed by atoms with Gasteiger partial charge in [-0.25, -0.2) is 9.59 Å². The predicted octanol–water partition coefficient (Wildman–Crippen LogP) is 8.63. The Morgan fingerprint density at radius 1 is 0.565 bits per heavy atom. The first-order chi connectivity index (χ1) is 33.6. The van der Waals surface area contributed by atoms with Crippen molar-refractivity contribution in [3.63, 3.8) is 0 Å². The van der Waals surface area contributed by atoms with E-state index in [0.717, 1.165) is 163 Å². The highest BCUT2D eigenvalue weighted by Crippen LogP contribution is 2.60. The Hall–Kier alpha value is -5.72. The van der Waals surface area contributed by atoms with Crippen LogP contribution in [-0.2, 0) is 12.8 Å². The first kappa shape index (κ1) is 44.5. The lowest BCUT2D eigenvalue weighted by Crippen LogP contribution is -2.82. The van der Waals surface area contributed by atoms with Crippen molar-refractivity contribution in [3.05, 3.63) is 106 Å². The fourth-order valence-corrected chi connectivity index (χ4v) is 14.1. The van der Waals surface area contributed by atoms with Gasteiger partial charge in [0.15, 0.2) is 35.5 Å². The number of aliphatic imine (C=N–C) groups is 2. The van der Waals surface area contributed by atoms with E-state index < -0.39 is 6.03 Å². The summed E-state index contributed by atoms with van der Waals surface area (Å²) in [6.45, 7) is 14.4. The van der Waals surface area contributed by atoms with Gasteiger partial charge in [0.25, 0.3) is 0 Å². The molecule has 360 valence electrons. The predicted molar refractivity (Wildman–Crippen MR) is 270 cm³/mol. The van der Waals surface area contributed by atoms with Crippen molar-refractivity contribution in [2.24, 2.45) is 9.98 Å². The molecule has 0 radical (unpaired) electrons. The number of aryl methyl sites for hydroxylation is 4. The van der Waals surface area contributed by atoms with Gasteiger partial charge in [-0.15, -0.1) is 8.97 Å². The van der Waals surface area contributed by atoms with Crippen molar-refractivity contribution in [1.29, 1.82) is 0 Å². The molecule has 0 N–H and O–H groups in total. The number of quaternary nitrogens is 2. The molecule has 4 atom stereocenters. The summed E-state index contributed by atoms with van der Waals surface area (Å²) in [4.78, 5) is 51.4. The molecule has 4 aromatic rings. The first-order valence-electron chi connectivity index (χ1n) is 26.4. The summed E-state index contributed by atoms with van der Waals surface area (Å²) >= 11 is 0. The largest absolute Gasteiger partial charge is 0.578 e. The Morgan fingerprint density at radius 3 is 1.46 bits per heavy atom. The lowest BCUT2D eigenvalue weighted by Gasteiger charge is -2.50. The quantitative estimate of drug-likeness (QED) is 0.146. The van der Waals surface area contributed by atoms with Crippen LogP contribution in [0.2, 0.25) is 0 Å². The van der Waals surface area contributed by atoms with Crippen LogP contribution < -0.4 is 9.47 Å². The smallest absolute Gasteiger partial charge is 0.357 e. The minimum atomic E-state index is -1.62. The van der Waals surface area contributed by atoms with Crippen LogP contribution in [-0.4, -0.2) is 150 Å². The third-order valence-electron chi connectivity index (χ3n) is 17.4. The number of fused-ring (bicyclic) bond motifs is 7. The van der Waals surface area contributed by atoms with E-state index in [1.165, 1.54) is 35.9 Å². The van der Waals surface area contributed by atoms with Gasteiger partial charge in [0.2, 0.25) is 0 Å². The zero-order chi connectivity index (χ0) is 47.1. The second kappa shape index (κ2) is 17.3. The van der Waals surface area contributed by atoms with Crippen LogP contribution in [0.5, 0.6) is 11.5 Å². The van der Waals surface area contributed by atoms with E-state index in [0.29, 0.717) is 22.6 Å². The minimum absolute atomic E-state index is 0.0346. The number of guanidine groups is 2. The SMILES string of the molecule is Cc1cc(-c2ccccc2CCCN2CCCN3CCCN=C32)cc2c1OC13Oc4c(C)cc(-c5ccccc5CCCN5CCCN6CCCN=C65)cc4C(=O)[N+]1(C)C1CCCCC1[N+]3(C)C2=O. The molecule has 12 rings (SSSR count). The molecule has 1 aliphatic carbocycles. The van der Waals surface area contributed by atoms with Crippen molar-refractivity contribution < 1.29 is 28.0 Å². The highest BCUT2D eigenvalue weighted by Gasteiger charge is 2.89. The number of carbonyl (C=O) groups excluding carboxylic acids is 2. The topological polar surface area (TPSA) is 90.3 Å². The zero-order valence-corrected chi connectivity index (χ0v) is 41.3. The van der Waals surface area contributed by atoms with Crippen LogP contribution in [0.3, 0.4) is 0 Å². The molecular formula is C57H70N8O4+2. The van der Waals surface area contributed by atoms with Crippen molar-refractivity contribution >= 4 is 23.7 Å². The molecule has 8 aliphatic rings. The molecule has 12 heteroatoms. The summed E-state index contributed by atoms with van der Waals surface area (Å²) in [7, 11) is 4.01. The van der Waals surface area contributed by atoms with Gasteiger partial charge in [-0.1, -0.05) is 48.5 Å². The van der Waals surface area contributed by atoms with E-state index in [9.17, 15) is 0 Å². The molecule has 0 aromatic heterocycles. The van der Waals surface area contributed by atoms with Crippen molar-refractivity contribution in [2.45, 2.75) is 109 Å². The lowest BCUT2D eigenvalue weighted by atomic mass is 9.87. The van der Waals surface area contributed by atoms with Crippen LogP contribution in [0.4, 0.5) is 0 Å². The number of ether oxygens (including phenoxy) is 2. The summed E-state index contributed by atoms with van der Waals surface area (Å²) < 4.78 is 14.6. The minimum Gasteiger partial charge on any atom is -0.357 e. The fourth-order valence-electron chi connectivity index (χ4n) is 14.1. The summed E-state index contributed by atoms with van der Waals surface area (Å²) in [6.07, 6.45) is 12.1. The first-order valence-corrected chi connectivity index (χ1v) is 26.4. The molecule has 2 amide bonds. The van der Waals surface area contributed by atoms with Gasteiger partial charge in [0.05, 0.1) is 14.1 Å². The molecule has 4 aromatic carbocycles. The number of hydrogen-bond donors (Lipinski definition) is 0. The van der Waals surface area contributed by atoms with E-state index in [1.807, 2.05) is 27.9 Å². The maximum absolute atomic E-state index is 15.8. The number of hydrogen-bond acceptors (Lipinski definition) is 10. The average Bonchev–Trinajstić information content (AvgIpc) is 3.56. The van der Waals surface area contributed by atoms with Crippen molar-refractivity contribution in [1.82, 2.24) is 19.6 Å². The van der Waals surface area contributed by atoms with Gasteiger partial charge in [-0.2, -0.15) is 0 Å². The van der Waals surface area contributed by atoms with Crippen LogP contribution in [0.15, 0.2) is 82.8 Å². The lowest BCUT2D eigenvalue weighted by molar-refractivity contribution is -1.10. The standard InChI is InChI=1S/C57H70N8O4/c1-39-35-43(45-21-7-5-17-41(45)19-11-27-60-31-15-33-62-29-13-25-58-55(60)62)37-47-51(39)68-57-64(3,53(47)66)49-23-9-10-24-50(49)65(57,4)54(67)48-38-44(36-40(2)52(48)69-57)46-22-8-6-18-42(46)20-12-28-61-32-16-34-63-30-14-26-59-56(61)63/h5-8,17-18,21-22,35-38,49-50H,9-16,19-20,23-34H2,1-4H3/q+2. The van der Waals surface area contributed by atoms with Gasteiger partial charge in [0, 0.05) is 78.3 Å². The number of rotatable bonds is 10. The molecule has 7 heterocycles. The third-order valence-corrected chi connectivity index (χ3v) is 17.4. The van der Waals surface area contributed by atoms with E-state index in [2.05, 4.69) is 92.4 Å². The molecule has 3 saturated heterocycles. The third kappa shape index (κ3) is 6.89. The van der Waals surface area contributed by atoms with E-state index in [-0.39, 0.29) is 32.9 Å². The van der Waals surface area contributed by atoms with Gasteiger partial charge >= 0.3 is 17.8 Å². The normalized spacial score (nSPS) is 27.9. The Labute approximate surface area is 408 Å². The summed E-state index contributed by atoms with van der Waals surface area (Å²) in [6, 6.07) is 23.9. The molecule has 1 saturated carbocycles. The molecule has 7 aliphatic heterocycles. The van der Waals surface area contributed by atoms with Crippen molar-refractivity contribution in [2.75, 3.05) is 79.5 Å². The average molecular weight is 931 g/mol. The molecule has 4 fully saturated rings. The number of carbonyl (C=O) groups is 2. The van der Waals surface area contributed by atoms with Gasteiger partial charge < -0.3 is 29.1 Å². The molecule has 1 spiro atoms. The zero-order valence-electron chi connectivity index (χ0n) is 41.3. The summed E-state index contributed by atoms with van der Waals surface area (Å²) in [5, 5.41) is 0. The van der Waals surface area contributed by atoms with E-state index >= 15 is 9.59 Å². The van der Waals surface area contributed by atoms with Crippen molar-refractivity contribution in [3.8, 4) is 33.8 Å². The van der Waals surface area contributed by atoms with E-state index in [4.69, 9.17) is 19.5 Å². The molecule has 4 unspecified atom stereocenters. The Balaban J connectivity index is 0.858. The van der Waals surface area contributed by atoms with Gasteiger partial charge in [0.1, 0.15) is 11.1 Å². The van der Waals surface area contributed by atoms with Crippen LogP contribution >= 0.6 is 0 Å². The monoisotopic (exact) mass is 931 g/mol. The highest BCUT2D eigenvalue weighted by molar-refractivity contribution is 5.99. The Bertz CT molecular complexity index is 2600. The Morgan fingerprint density at radius 2 is 1.00 bits per heavy atom. The van der Waals surface area contributed by atoms with E-state index in [1.54, 1.807) is 0 Å². The van der Waals surface area contributed by atoms with Crippen LogP contribution in [0.1, 0.15) is 107 Å². The highest BCUT2D eigenvalue weighted by atomic mass is 16.8. The number of likely N-dealkylation sites (N-methyl/N-ethyl adjacent to an activating group) is 2. The maximum Gasteiger partial charge on any atom is 0.578 e. The number of benzene rings is 4. The molecule has 12 nitrogen and oxygen atoms in total. The second-order valence-corrected chi connectivity index (χ2v) is 21.5. The number of amides is 2. The van der Waals surface area contributed by atoms with Gasteiger partial charge in [-0.3, -0.25) is 9.98 Å². The molecular weight excluding hydrogens is 861 g/mol. The maximum atomic E-state index is 15.8. The number of nitrogens with zero attached hydrogens (tertiary/aromatic N) is 8. The van der Waals surface area contributed by atoms with Crippen LogP contribution in [0, 0.1) is 13.8 Å². The van der Waals surface area contributed by atoms with Gasteiger partial charge in [-0.05, 0) is 147 Å². The molecule has 0 bridgehead atoms. The summed E-state index contributed by atoms with van der Waals surface area (Å²) in [5.41, 5.74) is 9.75. The fraction of sp³-hybridized carbons (Fsp3) is 0.509. The summed E-state index contributed by atoms with van der Waals surface area (Å²) in [5.74, 6) is 3.35.